The predicted molar refractivity (Wildman–Crippen MR) is 155 cm³/mol. The van der Waals surface area contributed by atoms with Gasteiger partial charge in [-0.25, -0.2) is 9.97 Å². The largest absolute Gasteiger partial charge is 0.420 e. The molecule has 0 bridgehead atoms. The third-order valence-electron chi connectivity index (χ3n) is 8.16. The van der Waals surface area contributed by atoms with Crippen LogP contribution in [0.5, 0.6) is 0 Å². The highest BCUT2D eigenvalue weighted by atomic mass is 35.5. The third kappa shape index (κ3) is 5.91. The highest BCUT2D eigenvalue weighted by molar-refractivity contribution is 6.32. The van der Waals surface area contributed by atoms with Gasteiger partial charge in [0.25, 0.3) is 5.89 Å². The smallest absolute Gasteiger partial charge is 0.270 e. The second kappa shape index (κ2) is 12.1. The molecule has 1 aromatic carbocycles. The number of benzene rings is 1. The predicted octanol–water partition coefficient (Wildman–Crippen LogP) is 3.30. The van der Waals surface area contributed by atoms with Gasteiger partial charge in [-0.1, -0.05) is 37.6 Å². The number of aromatic nitrogens is 4. The van der Waals surface area contributed by atoms with Crippen molar-refractivity contribution in [2.45, 2.75) is 65.1 Å². The first-order valence-corrected chi connectivity index (χ1v) is 14.4. The molecule has 2 aromatic heterocycles. The SMILES string of the molecule is CCc1ccc(CN2CCC(N3CCN(c4nc(N)c(-c5nnc(C)o5)nc4Cl)CC3CC)CC2)c(C(N)=O)c1. The van der Waals surface area contributed by atoms with Gasteiger partial charge in [0.1, 0.15) is 0 Å². The number of nitrogens with zero attached hydrogens (tertiary/aromatic N) is 7. The standard InChI is InChI=1S/C28H38ClN9O2/c1-4-18-6-7-19(22(14-18)26(31)39)15-36-10-8-21(9-11-36)38-13-12-37(16-20(38)5-2)27-24(29)32-23(25(30)33-27)28-35-34-17(3)40-28/h6-7,14,20-21H,4-5,8-13,15-16H2,1-3H3,(H2,30,33)(H2,31,39). The number of nitrogens with two attached hydrogens (primary N) is 2. The van der Waals surface area contributed by atoms with E-state index in [0.717, 1.165) is 76.1 Å². The minimum absolute atomic E-state index is 0.211. The highest BCUT2D eigenvalue weighted by Gasteiger charge is 2.34. The molecule has 1 unspecified atom stereocenters. The number of anilines is 2. The first-order chi connectivity index (χ1) is 19.3. The third-order valence-corrected chi connectivity index (χ3v) is 8.41. The molecular formula is C28H38ClN9O2. The number of halogens is 1. The summed E-state index contributed by atoms with van der Waals surface area (Å²) in [7, 11) is 0. The van der Waals surface area contributed by atoms with E-state index in [-0.39, 0.29) is 22.8 Å². The molecule has 0 radical (unpaired) electrons. The van der Waals surface area contributed by atoms with E-state index >= 15 is 0 Å². The van der Waals surface area contributed by atoms with E-state index in [1.165, 1.54) is 0 Å². The number of primary amides is 1. The molecule has 0 saturated carbocycles. The molecule has 2 saturated heterocycles. The lowest BCUT2D eigenvalue weighted by atomic mass is 9.96. The maximum absolute atomic E-state index is 12.1. The first kappa shape index (κ1) is 28.3. The van der Waals surface area contributed by atoms with Crippen molar-refractivity contribution in [3.63, 3.8) is 0 Å². The summed E-state index contributed by atoms with van der Waals surface area (Å²) in [6, 6.07) is 6.98. The number of rotatable bonds is 8. The number of carbonyl (C=O) groups excluding carboxylic acids is 1. The second-order valence-corrected chi connectivity index (χ2v) is 11.0. The summed E-state index contributed by atoms with van der Waals surface area (Å²) in [5.74, 6) is 1.09. The van der Waals surface area contributed by atoms with Crippen molar-refractivity contribution < 1.29 is 9.21 Å². The van der Waals surface area contributed by atoms with Crippen LogP contribution in [0.3, 0.4) is 0 Å². The molecule has 40 heavy (non-hydrogen) atoms. The normalized spacial score (nSPS) is 19.3. The van der Waals surface area contributed by atoms with Crippen LogP contribution in [0.1, 0.15) is 60.5 Å². The topological polar surface area (TPSA) is 144 Å². The molecule has 1 amide bonds. The van der Waals surface area contributed by atoms with Crippen LogP contribution in [-0.4, -0.2) is 80.7 Å². The second-order valence-electron chi connectivity index (χ2n) is 10.7. The molecule has 5 rings (SSSR count). The monoisotopic (exact) mass is 567 g/mol. The summed E-state index contributed by atoms with van der Waals surface area (Å²) in [4.78, 5) is 28.4. The van der Waals surface area contributed by atoms with E-state index in [0.29, 0.717) is 35.0 Å². The van der Waals surface area contributed by atoms with E-state index in [1.54, 1.807) is 6.92 Å². The number of piperidine rings is 1. The number of hydrogen-bond donors (Lipinski definition) is 2. The van der Waals surface area contributed by atoms with Gasteiger partial charge in [-0.3, -0.25) is 14.6 Å². The van der Waals surface area contributed by atoms with Crippen LogP contribution in [-0.2, 0) is 13.0 Å². The van der Waals surface area contributed by atoms with Gasteiger partial charge in [-0.15, -0.1) is 10.2 Å². The molecule has 4 N–H and O–H groups in total. The van der Waals surface area contributed by atoms with Crippen molar-refractivity contribution in [1.82, 2.24) is 30.0 Å². The molecule has 214 valence electrons. The van der Waals surface area contributed by atoms with Crippen molar-refractivity contribution in [3.8, 4) is 11.6 Å². The lowest BCUT2D eigenvalue weighted by Crippen LogP contribution is -2.58. The van der Waals surface area contributed by atoms with E-state index in [2.05, 4.69) is 60.8 Å². The minimum atomic E-state index is -0.352. The van der Waals surface area contributed by atoms with Crippen LogP contribution in [0.15, 0.2) is 22.6 Å². The zero-order chi connectivity index (χ0) is 28.4. The summed E-state index contributed by atoms with van der Waals surface area (Å²) in [6.07, 6.45) is 4.07. The Morgan fingerprint density at radius 2 is 1.90 bits per heavy atom. The van der Waals surface area contributed by atoms with Crippen LogP contribution >= 0.6 is 11.6 Å². The Hall–Kier alpha value is -3.28. The summed E-state index contributed by atoms with van der Waals surface area (Å²) in [6.45, 7) is 11.2. The van der Waals surface area contributed by atoms with Crippen LogP contribution in [0.2, 0.25) is 5.15 Å². The number of carbonyl (C=O) groups is 1. The molecular weight excluding hydrogens is 530 g/mol. The highest BCUT2D eigenvalue weighted by Crippen LogP contribution is 2.32. The van der Waals surface area contributed by atoms with E-state index in [4.69, 9.17) is 27.5 Å². The fourth-order valence-electron chi connectivity index (χ4n) is 5.94. The molecule has 0 aliphatic carbocycles. The van der Waals surface area contributed by atoms with Crippen LogP contribution in [0.25, 0.3) is 11.6 Å². The summed E-state index contributed by atoms with van der Waals surface area (Å²) < 4.78 is 5.47. The zero-order valence-corrected chi connectivity index (χ0v) is 24.2. The van der Waals surface area contributed by atoms with Crippen LogP contribution < -0.4 is 16.4 Å². The molecule has 2 aliphatic rings. The minimum Gasteiger partial charge on any atom is -0.420 e. The van der Waals surface area contributed by atoms with E-state index < -0.39 is 0 Å². The Balaban J connectivity index is 1.21. The number of piperazine rings is 1. The average Bonchev–Trinajstić information content (AvgIpc) is 3.40. The Morgan fingerprint density at radius 3 is 2.55 bits per heavy atom. The van der Waals surface area contributed by atoms with E-state index in [9.17, 15) is 4.79 Å². The molecule has 1 atom stereocenters. The van der Waals surface area contributed by atoms with Gasteiger partial charge >= 0.3 is 0 Å². The number of nitrogen functional groups attached to an aromatic ring is 1. The van der Waals surface area contributed by atoms with Crippen molar-refractivity contribution in [2.75, 3.05) is 43.4 Å². The Labute approximate surface area is 239 Å². The molecule has 2 aliphatic heterocycles. The number of hydrogen-bond acceptors (Lipinski definition) is 10. The van der Waals surface area contributed by atoms with Gasteiger partial charge in [-0.05, 0) is 56.0 Å². The quantitative estimate of drug-likeness (QED) is 0.416. The number of aryl methyl sites for hydroxylation is 2. The van der Waals surface area contributed by atoms with Gasteiger partial charge in [-0.2, -0.15) is 0 Å². The summed E-state index contributed by atoms with van der Waals surface area (Å²) >= 11 is 6.59. The average molecular weight is 568 g/mol. The molecule has 4 heterocycles. The Morgan fingerprint density at radius 1 is 1.12 bits per heavy atom. The van der Waals surface area contributed by atoms with Gasteiger partial charge in [0, 0.05) is 50.7 Å². The lowest BCUT2D eigenvalue weighted by molar-refractivity contribution is 0.0609. The van der Waals surface area contributed by atoms with Crippen molar-refractivity contribution in [1.29, 1.82) is 0 Å². The van der Waals surface area contributed by atoms with Crippen molar-refractivity contribution >= 4 is 29.1 Å². The zero-order valence-electron chi connectivity index (χ0n) is 23.4. The molecule has 12 heteroatoms. The van der Waals surface area contributed by atoms with Crippen molar-refractivity contribution in [3.05, 3.63) is 45.9 Å². The van der Waals surface area contributed by atoms with Gasteiger partial charge in [0.2, 0.25) is 11.8 Å². The van der Waals surface area contributed by atoms with Crippen molar-refractivity contribution in [2.24, 2.45) is 5.73 Å². The maximum Gasteiger partial charge on any atom is 0.270 e. The van der Waals surface area contributed by atoms with Crippen LogP contribution in [0.4, 0.5) is 11.6 Å². The fraction of sp³-hybridized carbons (Fsp3) is 0.536. The molecule has 11 nitrogen and oxygen atoms in total. The number of amides is 1. The summed E-state index contributed by atoms with van der Waals surface area (Å²) in [5.41, 5.74) is 15.0. The maximum atomic E-state index is 12.1. The fourth-order valence-corrected chi connectivity index (χ4v) is 6.18. The van der Waals surface area contributed by atoms with Gasteiger partial charge in [0.15, 0.2) is 22.5 Å². The Bertz CT molecular complexity index is 1360. The first-order valence-electron chi connectivity index (χ1n) is 14.1. The van der Waals surface area contributed by atoms with Gasteiger partial charge < -0.3 is 20.8 Å². The van der Waals surface area contributed by atoms with E-state index in [1.807, 2.05) is 6.07 Å². The number of likely N-dealkylation sites (tertiary alicyclic amines) is 1. The molecule has 3 aromatic rings. The molecule has 0 spiro atoms. The molecule has 2 fully saturated rings. The lowest BCUT2D eigenvalue weighted by Gasteiger charge is -2.47. The van der Waals surface area contributed by atoms with Gasteiger partial charge in [0.05, 0.1) is 0 Å². The summed E-state index contributed by atoms with van der Waals surface area (Å²) in [5, 5.41) is 8.11. The Kier molecular flexibility index (Phi) is 8.53. The van der Waals surface area contributed by atoms with Crippen LogP contribution in [0, 0.1) is 6.92 Å².